The van der Waals surface area contributed by atoms with E-state index in [1.807, 2.05) is 24.3 Å². The van der Waals surface area contributed by atoms with Gasteiger partial charge >= 0.3 is 0 Å². The second-order valence-electron chi connectivity index (χ2n) is 11.0. The summed E-state index contributed by atoms with van der Waals surface area (Å²) in [5.74, 6) is 1.30. The van der Waals surface area contributed by atoms with Crippen molar-refractivity contribution in [2.24, 2.45) is 11.8 Å². The lowest BCUT2D eigenvalue weighted by Gasteiger charge is -2.54. The van der Waals surface area contributed by atoms with Crippen LogP contribution in [0.5, 0.6) is 5.75 Å². The van der Waals surface area contributed by atoms with Gasteiger partial charge in [0.1, 0.15) is 5.75 Å². The first-order valence-corrected chi connectivity index (χ1v) is 13.8. The number of hydrogen-bond donors (Lipinski definition) is 1. The fourth-order valence-electron chi connectivity index (χ4n) is 6.39. The molecule has 0 aromatic heterocycles. The first kappa shape index (κ1) is 27.0. The maximum Gasteiger partial charge on any atom is 0.227 e. The minimum atomic E-state index is -0.0571. The Balaban J connectivity index is 1.63. The molecule has 0 spiro atoms. The Morgan fingerprint density at radius 2 is 2.03 bits per heavy atom. The zero-order valence-electron chi connectivity index (χ0n) is 21.4. The number of fused-ring (bicyclic) bond motifs is 1. The summed E-state index contributed by atoms with van der Waals surface area (Å²) in [5, 5.41) is 11.3. The number of rotatable bonds is 8. The van der Waals surface area contributed by atoms with Crippen molar-refractivity contribution in [2.75, 3.05) is 26.2 Å². The molecule has 2 aliphatic rings. The second-order valence-corrected chi connectivity index (χ2v) is 11.8. The number of aromatic hydroxyl groups is 1. The van der Waals surface area contributed by atoms with Gasteiger partial charge < -0.3 is 10.0 Å². The number of phenols is 1. The highest BCUT2D eigenvalue weighted by Crippen LogP contribution is 2.50. The Morgan fingerprint density at radius 1 is 1.22 bits per heavy atom. The van der Waals surface area contributed by atoms with Crippen LogP contribution in [0.1, 0.15) is 50.7 Å². The summed E-state index contributed by atoms with van der Waals surface area (Å²) in [5.41, 5.74) is 2.03. The molecule has 36 heavy (non-hydrogen) atoms. The van der Waals surface area contributed by atoms with Gasteiger partial charge in [-0.05, 0) is 79.5 Å². The molecule has 1 saturated carbocycles. The number of carbonyl (C=O) groups is 1. The summed E-state index contributed by atoms with van der Waals surface area (Å²) in [4.78, 5) is 18.3. The van der Waals surface area contributed by atoms with Gasteiger partial charge in [-0.15, -0.1) is 6.58 Å². The van der Waals surface area contributed by atoms with Crippen molar-refractivity contribution < 1.29 is 9.90 Å². The topological polar surface area (TPSA) is 43.8 Å². The number of piperidine rings is 1. The molecule has 2 aromatic carbocycles. The lowest BCUT2D eigenvalue weighted by atomic mass is 9.57. The van der Waals surface area contributed by atoms with Gasteiger partial charge in [0.05, 0.1) is 16.5 Å². The molecule has 3 atom stereocenters. The Bertz CT molecular complexity index is 1090. The smallest absolute Gasteiger partial charge is 0.227 e. The van der Waals surface area contributed by atoms with Gasteiger partial charge in [0.25, 0.3) is 0 Å². The highest BCUT2D eigenvalue weighted by atomic mass is 35.5. The molecule has 1 N–H and O–H groups in total. The van der Waals surface area contributed by atoms with Gasteiger partial charge in [-0.2, -0.15) is 0 Å². The molecule has 1 amide bonds. The minimum Gasteiger partial charge on any atom is -0.508 e. The zero-order valence-corrected chi connectivity index (χ0v) is 22.9. The van der Waals surface area contributed by atoms with E-state index in [-0.39, 0.29) is 17.4 Å². The maximum absolute atomic E-state index is 13.7. The first-order valence-electron chi connectivity index (χ1n) is 13.1. The van der Waals surface area contributed by atoms with Crippen molar-refractivity contribution >= 4 is 29.1 Å². The van der Waals surface area contributed by atoms with Gasteiger partial charge in [-0.1, -0.05) is 61.3 Å². The molecular weight excluding hydrogens is 491 g/mol. The second kappa shape index (κ2) is 11.6. The molecule has 6 heteroatoms. The molecule has 2 fully saturated rings. The molecule has 1 heterocycles. The van der Waals surface area contributed by atoms with Gasteiger partial charge in [-0.25, -0.2) is 0 Å². The van der Waals surface area contributed by atoms with Crippen LogP contribution in [-0.4, -0.2) is 53.0 Å². The van der Waals surface area contributed by atoms with E-state index >= 15 is 0 Å². The first-order chi connectivity index (χ1) is 17.2. The Morgan fingerprint density at radius 3 is 2.72 bits per heavy atom. The highest BCUT2D eigenvalue weighted by Gasteiger charge is 2.49. The SMILES string of the molecule is C=CCN1CCC2(c3cccc(O)c3)CC(N(CC(C)C)C(=O)Cc3ccc(Cl)c(Cl)c3)CCC2C1. The van der Waals surface area contributed by atoms with Crippen molar-refractivity contribution in [1.82, 2.24) is 9.80 Å². The minimum absolute atomic E-state index is 0.0571. The predicted octanol–water partition coefficient (Wildman–Crippen LogP) is 6.72. The Labute approximate surface area is 225 Å². The van der Waals surface area contributed by atoms with E-state index in [0.717, 1.165) is 57.4 Å². The fraction of sp³-hybridized carbons (Fsp3) is 0.500. The molecular formula is C30H38Cl2N2O2. The number of nitrogens with zero attached hydrogens (tertiary/aromatic N) is 2. The monoisotopic (exact) mass is 528 g/mol. The number of likely N-dealkylation sites (tertiary alicyclic amines) is 1. The average molecular weight is 530 g/mol. The van der Waals surface area contributed by atoms with Crippen LogP contribution in [0.25, 0.3) is 0 Å². The number of hydrogen-bond acceptors (Lipinski definition) is 3. The van der Waals surface area contributed by atoms with Crippen molar-refractivity contribution in [3.8, 4) is 5.75 Å². The standard InChI is InChI=1S/C30H38Cl2N2O2/c1-4-13-33-14-12-30(23-6-5-7-26(35)17-23)18-25(10-9-24(30)20-33)34(19-21(2)3)29(36)16-22-8-11-27(31)28(32)15-22/h4-8,11,15,17,21,24-25,35H,1,9-10,12-14,16,18-20H2,2-3H3. The van der Waals surface area contributed by atoms with Crippen LogP contribution in [-0.2, 0) is 16.6 Å². The molecule has 4 nitrogen and oxygen atoms in total. The fourth-order valence-corrected chi connectivity index (χ4v) is 6.71. The van der Waals surface area contributed by atoms with Crippen LogP contribution < -0.4 is 0 Å². The van der Waals surface area contributed by atoms with Gasteiger partial charge in [0.15, 0.2) is 0 Å². The molecule has 1 saturated heterocycles. The number of halogens is 2. The van der Waals surface area contributed by atoms with Crippen LogP contribution in [0.3, 0.4) is 0 Å². The maximum atomic E-state index is 13.7. The van der Waals surface area contributed by atoms with E-state index < -0.39 is 0 Å². The highest BCUT2D eigenvalue weighted by molar-refractivity contribution is 6.42. The van der Waals surface area contributed by atoms with E-state index in [1.165, 1.54) is 5.56 Å². The zero-order chi connectivity index (χ0) is 25.9. The van der Waals surface area contributed by atoms with Gasteiger partial charge in [0.2, 0.25) is 5.91 Å². The summed E-state index contributed by atoms with van der Waals surface area (Å²) in [6.45, 7) is 11.9. The Hall–Kier alpha value is -2.01. The summed E-state index contributed by atoms with van der Waals surface area (Å²) in [6, 6.07) is 13.4. The number of phenolic OH excluding ortho intramolecular Hbond substituents is 1. The quantitative estimate of drug-likeness (QED) is 0.386. The molecule has 2 aromatic rings. The van der Waals surface area contributed by atoms with Crippen LogP contribution >= 0.6 is 23.2 Å². The molecule has 4 rings (SSSR count). The van der Waals surface area contributed by atoms with Crippen molar-refractivity contribution in [3.63, 3.8) is 0 Å². The van der Waals surface area contributed by atoms with Crippen LogP contribution in [0.4, 0.5) is 0 Å². The third-order valence-corrected chi connectivity index (χ3v) is 8.79. The largest absolute Gasteiger partial charge is 0.508 e. The van der Waals surface area contributed by atoms with Crippen molar-refractivity contribution in [1.29, 1.82) is 0 Å². The van der Waals surface area contributed by atoms with Gasteiger partial charge in [0, 0.05) is 31.1 Å². The van der Waals surface area contributed by atoms with E-state index in [2.05, 4.69) is 36.3 Å². The van der Waals surface area contributed by atoms with E-state index in [0.29, 0.717) is 34.1 Å². The Kier molecular flexibility index (Phi) is 8.70. The van der Waals surface area contributed by atoms with Crippen LogP contribution in [0.15, 0.2) is 55.1 Å². The van der Waals surface area contributed by atoms with Gasteiger partial charge in [-0.3, -0.25) is 9.69 Å². The summed E-state index contributed by atoms with van der Waals surface area (Å²) in [7, 11) is 0. The molecule has 3 unspecified atom stereocenters. The third-order valence-electron chi connectivity index (χ3n) is 8.05. The third kappa shape index (κ3) is 5.93. The summed E-state index contributed by atoms with van der Waals surface area (Å²) in [6.07, 6.45) is 6.29. The number of carbonyl (C=O) groups excluding carboxylic acids is 1. The molecule has 194 valence electrons. The molecule has 1 aliphatic carbocycles. The van der Waals surface area contributed by atoms with E-state index in [9.17, 15) is 9.90 Å². The molecule has 1 aliphatic heterocycles. The molecule has 0 bridgehead atoms. The van der Waals surface area contributed by atoms with Crippen molar-refractivity contribution in [2.45, 2.75) is 57.4 Å². The van der Waals surface area contributed by atoms with Crippen LogP contribution in [0.2, 0.25) is 10.0 Å². The summed E-state index contributed by atoms with van der Waals surface area (Å²) < 4.78 is 0. The lowest BCUT2D eigenvalue weighted by molar-refractivity contribution is -0.135. The van der Waals surface area contributed by atoms with E-state index in [1.54, 1.807) is 18.2 Å². The average Bonchev–Trinajstić information content (AvgIpc) is 2.84. The number of benzene rings is 2. The normalized spacial score (nSPS) is 24.4. The predicted molar refractivity (Wildman–Crippen MR) is 149 cm³/mol. The van der Waals surface area contributed by atoms with E-state index in [4.69, 9.17) is 23.2 Å². The lowest BCUT2D eigenvalue weighted by Crippen LogP contribution is -2.57. The number of amides is 1. The summed E-state index contributed by atoms with van der Waals surface area (Å²) >= 11 is 12.3. The van der Waals surface area contributed by atoms with Crippen molar-refractivity contribution in [3.05, 3.63) is 76.3 Å². The van der Waals surface area contributed by atoms with Crippen LogP contribution in [0, 0.1) is 11.8 Å². The molecule has 0 radical (unpaired) electrons.